The fraction of sp³-hybridized carbons (Fsp3) is 0.688. The zero-order valence-corrected chi connectivity index (χ0v) is 13.8. The Balaban J connectivity index is 2.32. The number of nitrogens with zero attached hydrogens (tertiary/aromatic N) is 1. The summed E-state index contributed by atoms with van der Waals surface area (Å²) in [5.41, 5.74) is -0.942. The van der Waals surface area contributed by atoms with Crippen molar-refractivity contribution in [3.8, 4) is 0 Å². The summed E-state index contributed by atoms with van der Waals surface area (Å²) in [7, 11) is -3.51. The number of carbonyl (C=O) groups excluding carboxylic acids is 1. The lowest BCUT2D eigenvalue weighted by Gasteiger charge is -2.37. The molecule has 4 nitrogen and oxygen atoms in total. The van der Waals surface area contributed by atoms with Crippen molar-refractivity contribution in [2.75, 3.05) is 18.8 Å². The first-order valence-corrected chi connectivity index (χ1v) is 9.05. The molecule has 2 aliphatic rings. The number of sulfonamides is 1. The van der Waals surface area contributed by atoms with E-state index in [1.165, 1.54) is 4.31 Å². The molecule has 0 aromatic carbocycles. The van der Waals surface area contributed by atoms with Crippen molar-refractivity contribution < 1.29 is 13.2 Å². The highest BCUT2D eigenvalue weighted by Gasteiger charge is 2.65. The average Bonchev–Trinajstić information content (AvgIpc) is 2.72. The van der Waals surface area contributed by atoms with E-state index in [2.05, 4.69) is 27.0 Å². The molecule has 2 fully saturated rings. The van der Waals surface area contributed by atoms with Crippen molar-refractivity contribution in [3.05, 3.63) is 25.3 Å². The highest BCUT2D eigenvalue weighted by Crippen LogP contribution is 2.64. The third kappa shape index (κ3) is 2.40. The van der Waals surface area contributed by atoms with E-state index < -0.39 is 15.4 Å². The summed E-state index contributed by atoms with van der Waals surface area (Å²) < 4.78 is 26.9. The smallest absolute Gasteiger partial charge is 0.215 e. The minimum atomic E-state index is -3.51. The maximum Gasteiger partial charge on any atom is 0.215 e. The van der Waals surface area contributed by atoms with Crippen molar-refractivity contribution in [1.82, 2.24) is 4.31 Å². The van der Waals surface area contributed by atoms with Crippen molar-refractivity contribution in [2.24, 2.45) is 16.7 Å². The third-order valence-electron chi connectivity index (χ3n) is 5.63. The largest absolute Gasteiger partial charge is 0.299 e. The van der Waals surface area contributed by atoms with Crippen LogP contribution in [0.5, 0.6) is 0 Å². The summed E-state index contributed by atoms with van der Waals surface area (Å²) in [5.74, 6) is 0.376. The Morgan fingerprint density at radius 2 is 1.86 bits per heavy atom. The number of hydrogen-bond acceptors (Lipinski definition) is 3. The second-order valence-corrected chi connectivity index (χ2v) is 8.79. The quantitative estimate of drug-likeness (QED) is 0.678. The molecule has 2 saturated carbocycles. The van der Waals surface area contributed by atoms with Crippen LogP contribution in [0.15, 0.2) is 25.3 Å². The molecule has 0 aromatic heterocycles. The molecular weight excluding hydrogens is 286 g/mol. The molecule has 0 aliphatic heterocycles. The van der Waals surface area contributed by atoms with Gasteiger partial charge in [-0.05, 0) is 24.2 Å². The number of fused-ring (bicyclic) bond motifs is 2. The van der Waals surface area contributed by atoms with Crippen LogP contribution < -0.4 is 0 Å². The number of rotatable bonds is 7. The molecule has 0 amide bonds. The molecule has 2 unspecified atom stereocenters. The standard InChI is InChI=1S/C16H25NO3S/c1-5-9-17(10-6-2)21(19,20)12-16-8-7-13(11-14(16)18)15(16,3)4/h5-6,13H,1-2,7-12H2,3-4H3. The van der Waals surface area contributed by atoms with Crippen molar-refractivity contribution >= 4 is 15.8 Å². The molecule has 118 valence electrons. The van der Waals surface area contributed by atoms with Gasteiger partial charge in [0.05, 0.1) is 5.75 Å². The van der Waals surface area contributed by atoms with E-state index in [1.807, 2.05) is 0 Å². The van der Waals surface area contributed by atoms with Crippen molar-refractivity contribution in [1.29, 1.82) is 0 Å². The second kappa shape index (κ2) is 5.36. The first kappa shape index (κ1) is 16.4. The molecule has 2 bridgehead atoms. The Bertz CT molecular complexity index is 554. The van der Waals surface area contributed by atoms with Gasteiger partial charge in [0.15, 0.2) is 0 Å². The average molecular weight is 311 g/mol. The Hall–Kier alpha value is -0.940. The summed E-state index contributed by atoms with van der Waals surface area (Å²) in [6, 6.07) is 0. The van der Waals surface area contributed by atoms with E-state index in [4.69, 9.17) is 0 Å². The van der Waals surface area contributed by atoms with Gasteiger partial charge in [0.2, 0.25) is 10.0 Å². The van der Waals surface area contributed by atoms with Gasteiger partial charge in [-0.3, -0.25) is 4.79 Å². The van der Waals surface area contributed by atoms with Gasteiger partial charge in [-0.2, -0.15) is 4.31 Å². The van der Waals surface area contributed by atoms with Crippen LogP contribution in [0.3, 0.4) is 0 Å². The monoisotopic (exact) mass is 311 g/mol. The molecule has 5 heteroatoms. The topological polar surface area (TPSA) is 54.5 Å². The lowest BCUT2D eigenvalue weighted by atomic mass is 9.70. The van der Waals surface area contributed by atoms with Gasteiger partial charge in [-0.25, -0.2) is 8.42 Å². The molecule has 21 heavy (non-hydrogen) atoms. The van der Waals surface area contributed by atoms with Gasteiger partial charge in [0.1, 0.15) is 5.78 Å². The molecule has 0 heterocycles. The normalized spacial score (nSPS) is 30.8. The van der Waals surface area contributed by atoms with Crippen LogP contribution in [-0.4, -0.2) is 37.3 Å². The van der Waals surface area contributed by atoms with E-state index >= 15 is 0 Å². The Morgan fingerprint density at radius 3 is 2.24 bits per heavy atom. The number of Topliss-reactive ketones (excluding diaryl/α,β-unsaturated/α-hetero) is 1. The number of carbonyl (C=O) groups is 1. The number of hydrogen-bond donors (Lipinski definition) is 0. The van der Waals surface area contributed by atoms with Gasteiger partial charge in [0.25, 0.3) is 0 Å². The molecule has 2 atom stereocenters. The van der Waals surface area contributed by atoms with Gasteiger partial charge < -0.3 is 0 Å². The van der Waals surface area contributed by atoms with Crippen LogP contribution >= 0.6 is 0 Å². The molecule has 0 radical (unpaired) electrons. The van der Waals surface area contributed by atoms with E-state index in [-0.39, 0.29) is 30.0 Å². The highest BCUT2D eigenvalue weighted by atomic mass is 32.2. The zero-order chi connectivity index (χ0) is 15.9. The van der Waals surface area contributed by atoms with Crippen LogP contribution in [0.25, 0.3) is 0 Å². The van der Waals surface area contributed by atoms with Crippen LogP contribution in [0, 0.1) is 16.7 Å². The lowest BCUT2D eigenvalue weighted by molar-refractivity contribution is -0.128. The van der Waals surface area contributed by atoms with E-state index in [9.17, 15) is 13.2 Å². The minimum Gasteiger partial charge on any atom is -0.299 e. The summed E-state index contributed by atoms with van der Waals surface area (Å²) in [6.07, 6.45) is 5.32. The van der Waals surface area contributed by atoms with Gasteiger partial charge in [0, 0.05) is 24.9 Å². The maximum atomic E-state index is 12.8. The van der Waals surface area contributed by atoms with Gasteiger partial charge in [-0.1, -0.05) is 26.0 Å². The van der Waals surface area contributed by atoms with Crippen LogP contribution in [0.4, 0.5) is 0 Å². The molecular formula is C16H25NO3S. The zero-order valence-electron chi connectivity index (χ0n) is 13.0. The predicted molar refractivity (Wildman–Crippen MR) is 84.3 cm³/mol. The van der Waals surface area contributed by atoms with Crippen LogP contribution in [-0.2, 0) is 14.8 Å². The fourth-order valence-electron chi connectivity index (χ4n) is 4.10. The van der Waals surface area contributed by atoms with Gasteiger partial charge in [-0.15, -0.1) is 13.2 Å². The van der Waals surface area contributed by atoms with Crippen molar-refractivity contribution in [2.45, 2.75) is 33.1 Å². The summed E-state index contributed by atoms with van der Waals surface area (Å²) >= 11 is 0. The summed E-state index contributed by atoms with van der Waals surface area (Å²) in [4.78, 5) is 12.5. The van der Waals surface area contributed by atoms with Crippen LogP contribution in [0.2, 0.25) is 0 Å². The molecule has 0 N–H and O–H groups in total. The predicted octanol–water partition coefficient (Wildman–Crippen LogP) is 2.39. The molecule has 0 spiro atoms. The molecule has 0 aromatic rings. The maximum absolute atomic E-state index is 12.8. The fourth-order valence-corrected chi connectivity index (χ4v) is 6.25. The summed E-state index contributed by atoms with van der Waals surface area (Å²) in [5, 5.41) is 0. The van der Waals surface area contributed by atoms with Crippen LogP contribution in [0.1, 0.15) is 33.1 Å². The Kier molecular flexibility index (Phi) is 4.19. The second-order valence-electron chi connectivity index (χ2n) is 6.82. The summed E-state index contributed by atoms with van der Waals surface area (Å²) in [6.45, 7) is 11.8. The minimum absolute atomic E-state index is 0.0794. The molecule has 2 aliphatic carbocycles. The molecule has 2 rings (SSSR count). The third-order valence-corrected chi connectivity index (χ3v) is 7.57. The SMILES string of the molecule is C=CCN(CC=C)S(=O)(=O)CC12CCC(CC1=O)C2(C)C. The Morgan fingerprint density at radius 1 is 1.29 bits per heavy atom. The van der Waals surface area contributed by atoms with E-state index in [0.29, 0.717) is 18.8 Å². The van der Waals surface area contributed by atoms with Crippen molar-refractivity contribution in [3.63, 3.8) is 0 Å². The first-order valence-electron chi connectivity index (χ1n) is 7.44. The first-order chi connectivity index (χ1) is 9.71. The lowest BCUT2D eigenvalue weighted by Crippen LogP contribution is -2.46. The van der Waals surface area contributed by atoms with Gasteiger partial charge >= 0.3 is 0 Å². The molecule has 0 saturated heterocycles. The Labute approximate surface area is 128 Å². The van der Waals surface area contributed by atoms with E-state index in [1.54, 1.807) is 12.2 Å². The highest BCUT2D eigenvalue weighted by molar-refractivity contribution is 7.89. The number of ketones is 1. The van der Waals surface area contributed by atoms with E-state index in [0.717, 1.165) is 6.42 Å².